The lowest BCUT2D eigenvalue weighted by atomic mass is 9.66. The van der Waals surface area contributed by atoms with Gasteiger partial charge in [0.2, 0.25) is 11.8 Å². The Morgan fingerprint density at radius 3 is 2.41 bits per heavy atom. The van der Waals surface area contributed by atoms with Crippen LogP contribution in [-0.4, -0.2) is 59.9 Å². The fraction of sp³-hybridized carbons (Fsp3) is 0.882. The Morgan fingerprint density at radius 2 is 1.77 bits per heavy atom. The third-order valence-corrected chi connectivity index (χ3v) is 6.40. The minimum absolute atomic E-state index is 0.00834. The van der Waals surface area contributed by atoms with Crippen molar-refractivity contribution in [2.75, 3.05) is 20.1 Å². The molecule has 2 unspecified atom stereocenters. The standard InChI is InChI=1S/C17H27N3O2/c1-19-13-5-6-14(19)11-20(10-7-13)16(22)17(8-2-9-17)15(21)18-12-3-4-12/h12-14H,2-11H2,1H3,(H,18,21). The topological polar surface area (TPSA) is 52.7 Å². The van der Waals surface area contributed by atoms with Crippen LogP contribution in [0.4, 0.5) is 0 Å². The first-order valence-electron chi connectivity index (χ1n) is 8.92. The second-order valence-electron chi connectivity index (χ2n) is 7.77. The molecular formula is C17H27N3O2. The highest BCUT2D eigenvalue weighted by molar-refractivity contribution is 6.06. The smallest absolute Gasteiger partial charge is 0.238 e. The highest BCUT2D eigenvalue weighted by Gasteiger charge is 2.54. The molecule has 2 aliphatic heterocycles. The molecule has 4 fully saturated rings. The molecule has 5 heteroatoms. The quantitative estimate of drug-likeness (QED) is 0.795. The Bertz CT molecular complexity index is 484. The van der Waals surface area contributed by atoms with E-state index in [1.165, 1.54) is 12.8 Å². The summed E-state index contributed by atoms with van der Waals surface area (Å²) in [5.74, 6) is 0.117. The molecule has 2 amide bonds. The normalized spacial score (nSPS) is 34.0. The van der Waals surface area contributed by atoms with Gasteiger partial charge in [-0.3, -0.25) is 14.5 Å². The van der Waals surface area contributed by atoms with Crippen LogP contribution in [0.25, 0.3) is 0 Å². The van der Waals surface area contributed by atoms with Crippen LogP contribution in [0.5, 0.6) is 0 Å². The van der Waals surface area contributed by atoms with Crippen LogP contribution >= 0.6 is 0 Å². The van der Waals surface area contributed by atoms with Crippen molar-refractivity contribution in [2.45, 2.75) is 69.5 Å². The van der Waals surface area contributed by atoms with Crippen LogP contribution < -0.4 is 5.32 Å². The van der Waals surface area contributed by atoms with Crippen molar-refractivity contribution in [3.05, 3.63) is 0 Å². The summed E-state index contributed by atoms with van der Waals surface area (Å²) in [5.41, 5.74) is -0.731. The minimum atomic E-state index is -0.731. The van der Waals surface area contributed by atoms with E-state index in [2.05, 4.69) is 17.3 Å². The molecule has 22 heavy (non-hydrogen) atoms. The van der Waals surface area contributed by atoms with E-state index in [0.717, 1.165) is 51.6 Å². The maximum atomic E-state index is 13.1. The van der Waals surface area contributed by atoms with Gasteiger partial charge in [-0.2, -0.15) is 0 Å². The van der Waals surface area contributed by atoms with Crippen molar-refractivity contribution >= 4 is 11.8 Å². The Balaban J connectivity index is 1.48. The number of carbonyl (C=O) groups excluding carboxylic acids is 2. The summed E-state index contributed by atoms with van der Waals surface area (Å²) in [7, 11) is 2.19. The maximum Gasteiger partial charge on any atom is 0.238 e. The fourth-order valence-corrected chi connectivity index (χ4v) is 4.42. The number of hydrogen-bond donors (Lipinski definition) is 1. The van der Waals surface area contributed by atoms with Gasteiger partial charge in [0.05, 0.1) is 0 Å². The molecule has 122 valence electrons. The van der Waals surface area contributed by atoms with Gasteiger partial charge in [-0.1, -0.05) is 6.42 Å². The zero-order valence-electron chi connectivity index (χ0n) is 13.5. The number of likely N-dealkylation sites (tertiary alicyclic amines) is 1. The zero-order valence-corrected chi connectivity index (χ0v) is 13.5. The summed E-state index contributed by atoms with van der Waals surface area (Å²) in [6.45, 7) is 1.63. The minimum Gasteiger partial charge on any atom is -0.352 e. The van der Waals surface area contributed by atoms with Crippen LogP contribution in [0.1, 0.15) is 51.4 Å². The van der Waals surface area contributed by atoms with E-state index < -0.39 is 5.41 Å². The number of hydrogen-bond acceptors (Lipinski definition) is 3. The fourth-order valence-electron chi connectivity index (χ4n) is 4.42. The molecule has 2 bridgehead atoms. The average molecular weight is 305 g/mol. The molecule has 2 heterocycles. The van der Waals surface area contributed by atoms with Gasteiger partial charge in [0.15, 0.2) is 0 Å². The molecule has 0 aromatic carbocycles. The lowest BCUT2D eigenvalue weighted by Crippen LogP contribution is -2.57. The van der Waals surface area contributed by atoms with Crippen molar-refractivity contribution in [2.24, 2.45) is 5.41 Å². The van der Waals surface area contributed by atoms with Crippen LogP contribution in [0.15, 0.2) is 0 Å². The third-order valence-electron chi connectivity index (χ3n) is 6.40. The first kappa shape index (κ1) is 14.5. The first-order valence-corrected chi connectivity index (χ1v) is 8.92. The summed E-state index contributed by atoms with van der Waals surface area (Å²) < 4.78 is 0. The molecule has 2 aliphatic carbocycles. The molecule has 4 aliphatic rings. The largest absolute Gasteiger partial charge is 0.352 e. The summed E-state index contributed by atoms with van der Waals surface area (Å²) >= 11 is 0. The molecular weight excluding hydrogens is 278 g/mol. The van der Waals surface area contributed by atoms with E-state index >= 15 is 0 Å². The zero-order chi connectivity index (χ0) is 15.3. The monoisotopic (exact) mass is 305 g/mol. The predicted molar refractivity (Wildman–Crippen MR) is 83.2 cm³/mol. The Hall–Kier alpha value is -1.10. The highest BCUT2D eigenvalue weighted by Crippen LogP contribution is 2.44. The average Bonchev–Trinajstić information content (AvgIpc) is 3.16. The number of fused-ring (bicyclic) bond motifs is 2. The Morgan fingerprint density at radius 1 is 1.05 bits per heavy atom. The van der Waals surface area contributed by atoms with Gasteiger partial charge < -0.3 is 10.2 Å². The summed E-state index contributed by atoms with van der Waals surface area (Å²) in [6, 6.07) is 1.45. The summed E-state index contributed by atoms with van der Waals surface area (Å²) in [5, 5.41) is 3.08. The SMILES string of the molecule is CN1C2CCC1CN(C(=O)C1(C(=O)NC3CC3)CCC1)CC2. The number of nitrogens with zero attached hydrogens (tertiary/aromatic N) is 2. The van der Waals surface area contributed by atoms with Gasteiger partial charge in [0.1, 0.15) is 5.41 Å². The summed E-state index contributed by atoms with van der Waals surface area (Å²) in [6.07, 6.45) is 8.14. The van der Waals surface area contributed by atoms with Gasteiger partial charge in [0.25, 0.3) is 0 Å². The number of amides is 2. The van der Waals surface area contributed by atoms with Crippen molar-refractivity contribution in [1.82, 2.24) is 15.1 Å². The summed E-state index contributed by atoms with van der Waals surface area (Å²) in [4.78, 5) is 30.2. The molecule has 2 atom stereocenters. The first-order chi connectivity index (χ1) is 10.6. The van der Waals surface area contributed by atoms with E-state index in [-0.39, 0.29) is 11.8 Å². The van der Waals surface area contributed by atoms with Crippen molar-refractivity contribution in [3.63, 3.8) is 0 Å². The van der Waals surface area contributed by atoms with Crippen LogP contribution in [0.2, 0.25) is 0 Å². The van der Waals surface area contributed by atoms with Crippen molar-refractivity contribution in [1.29, 1.82) is 0 Å². The van der Waals surface area contributed by atoms with E-state index in [0.29, 0.717) is 18.1 Å². The number of carbonyl (C=O) groups is 2. The van der Waals surface area contributed by atoms with Crippen molar-refractivity contribution < 1.29 is 9.59 Å². The second kappa shape index (κ2) is 5.22. The molecule has 0 radical (unpaired) electrons. The third kappa shape index (κ3) is 2.25. The van der Waals surface area contributed by atoms with E-state index in [1.54, 1.807) is 0 Å². The maximum absolute atomic E-state index is 13.1. The highest BCUT2D eigenvalue weighted by atomic mass is 16.2. The molecule has 2 saturated carbocycles. The molecule has 2 saturated heterocycles. The van der Waals surface area contributed by atoms with Gasteiger partial charge >= 0.3 is 0 Å². The number of rotatable bonds is 3. The second-order valence-corrected chi connectivity index (χ2v) is 7.77. The van der Waals surface area contributed by atoms with Gasteiger partial charge in [-0.25, -0.2) is 0 Å². The lowest BCUT2D eigenvalue weighted by molar-refractivity contribution is -0.157. The molecule has 5 nitrogen and oxygen atoms in total. The number of nitrogens with one attached hydrogen (secondary N) is 1. The van der Waals surface area contributed by atoms with E-state index in [9.17, 15) is 9.59 Å². The van der Waals surface area contributed by atoms with Crippen LogP contribution in [0, 0.1) is 5.41 Å². The van der Waals surface area contributed by atoms with Crippen LogP contribution in [-0.2, 0) is 9.59 Å². The van der Waals surface area contributed by atoms with Gasteiger partial charge in [-0.05, 0) is 52.0 Å². The molecule has 0 aromatic heterocycles. The van der Waals surface area contributed by atoms with Gasteiger partial charge in [0, 0.05) is 31.2 Å². The Kier molecular flexibility index (Phi) is 3.44. The predicted octanol–water partition coefficient (Wildman–Crippen LogP) is 1.13. The Labute approximate surface area is 132 Å². The number of likely N-dealkylation sites (N-methyl/N-ethyl adjacent to an activating group) is 1. The lowest BCUT2D eigenvalue weighted by Gasteiger charge is -2.42. The van der Waals surface area contributed by atoms with Crippen molar-refractivity contribution in [3.8, 4) is 0 Å². The van der Waals surface area contributed by atoms with E-state index in [1.807, 2.05) is 4.90 Å². The van der Waals surface area contributed by atoms with E-state index in [4.69, 9.17) is 0 Å². The van der Waals surface area contributed by atoms with Crippen LogP contribution in [0.3, 0.4) is 0 Å². The molecule has 0 spiro atoms. The molecule has 1 N–H and O–H groups in total. The molecule has 4 rings (SSSR count). The molecule has 0 aromatic rings. The van der Waals surface area contributed by atoms with Gasteiger partial charge in [-0.15, -0.1) is 0 Å².